The van der Waals surface area contributed by atoms with Gasteiger partial charge in [0.1, 0.15) is 11.6 Å². The monoisotopic (exact) mass is 371 g/mol. The first-order chi connectivity index (χ1) is 12.9. The molecule has 4 rings (SSSR count). The standard InChI is InChI=1S/C19H29N7O/c1-13-16(11-24(4)22-13)19(27)25-9-7-14(8-10-25)18-21-20-17(12-23(2)3)26(18)15-5-6-15/h11,14-15H,5-10,12H2,1-4H3. The van der Waals surface area contributed by atoms with Crippen molar-refractivity contribution in [2.45, 2.75) is 51.1 Å². The van der Waals surface area contributed by atoms with Crippen molar-refractivity contribution in [1.29, 1.82) is 0 Å². The van der Waals surface area contributed by atoms with Crippen LogP contribution in [0.15, 0.2) is 6.20 Å². The van der Waals surface area contributed by atoms with E-state index >= 15 is 0 Å². The van der Waals surface area contributed by atoms with Gasteiger partial charge in [0, 0.05) is 38.3 Å². The summed E-state index contributed by atoms with van der Waals surface area (Å²) in [5.41, 5.74) is 1.51. The molecule has 0 atom stereocenters. The Kier molecular flexibility index (Phi) is 4.75. The van der Waals surface area contributed by atoms with Crippen LogP contribution in [0, 0.1) is 6.92 Å². The molecule has 1 amide bonds. The van der Waals surface area contributed by atoms with Crippen LogP contribution in [0.3, 0.4) is 0 Å². The maximum absolute atomic E-state index is 12.8. The van der Waals surface area contributed by atoms with Gasteiger partial charge in [0.25, 0.3) is 5.91 Å². The van der Waals surface area contributed by atoms with Gasteiger partial charge in [-0.05, 0) is 46.7 Å². The minimum Gasteiger partial charge on any atom is -0.338 e. The molecular formula is C19H29N7O. The molecule has 8 heteroatoms. The number of carbonyl (C=O) groups excluding carboxylic acids is 1. The van der Waals surface area contributed by atoms with E-state index in [1.54, 1.807) is 4.68 Å². The predicted molar refractivity (Wildman–Crippen MR) is 102 cm³/mol. The fourth-order valence-corrected chi connectivity index (χ4v) is 4.06. The molecule has 1 saturated heterocycles. The van der Waals surface area contributed by atoms with Crippen molar-refractivity contribution in [3.05, 3.63) is 29.1 Å². The minimum atomic E-state index is 0.0935. The topological polar surface area (TPSA) is 72.1 Å². The molecule has 1 saturated carbocycles. The van der Waals surface area contributed by atoms with Gasteiger partial charge >= 0.3 is 0 Å². The van der Waals surface area contributed by atoms with E-state index in [0.29, 0.717) is 17.5 Å². The van der Waals surface area contributed by atoms with Gasteiger partial charge in [0.15, 0.2) is 0 Å². The summed E-state index contributed by atoms with van der Waals surface area (Å²) in [4.78, 5) is 16.9. The van der Waals surface area contributed by atoms with Crippen LogP contribution in [0.5, 0.6) is 0 Å². The molecule has 2 aromatic rings. The summed E-state index contributed by atoms with van der Waals surface area (Å²) in [5, 5.41) is 13.4. The maximum atomic E-state index is 12.8. The van der Waals surface area contributed by atoms with E-state index in [4.69, 9.17) is 0 Å². The Labute approximate surface area is 160 Å². The van der Waals surface area contributed by atoms with Crippen molar-refractivity contribution in [1.82, 2.24) is 34.3 Å². The molecule has 0 spiro atoms. The SMILES string of the molecule is Cc1nn(C)cc1C(=O)N1CCC(c2nnc(CN(C)C)n2C2CC2)CC1. The van der Waals surface area contributed by atoms with Crippen molar-refractivity contribution in [3.63, 3.8) is 0 Å². The second kappa shape index (κ2) is 7.07. The van der Waals surface area contributed by atoms with Crippen LogP contribution in [-0.2, 0) is 13.6 Å². The highest BCUT2D eigenvalue weighted by Gasteiger charge is 2.34. The zero-order valence-electron chi connectivity index (χ0n) is 16.7. The highest BCUT2D eigenvalue weighted by atomic mass is 16.2. The lowest BCUT2D eigenvalue weighted by Crippen LogP contribution is -2.38. The van der Waals surface area contributed by atoms with Crippen molar-refractivity contribution in [2.75, 3.05) is 27.2 Å². The molecule has 0 aromatic carbocycles. The summed E-state index contributed by atoms with van der Waals surface area (Å²) in [6.07, 6.45) is 6.16. The predicted octanol–water partition coefficient (Wildman–Crippen LogP) is 1.74. The van der Waals surface area contributed by atoms with Crippen LogP contribution >= 0.6 is 0 Å². The number of rotatable bonds is 5. The highest BCUT2D eigenvalue weighted by molar-refractivity contribution is 5.95. The van der Waals surface area contributed by atoms with Crippen molar-refractivity contribution >= 4 is 5.91 Å². The van der Waals surface area contributed by atoms with E-state index in [9.17, 15) is 4.79 Å². The zero-order chi connectivity index (χ0) is 19.1. The van der Waals surface area contributed by atoms with Crippen LogP contribution in [-0.4, -0.2) is 67.4 Å². The molecule has 0 bridgehead atoms. The van der Waals surface area contributed by atoms with Crippen molar-refractivity contribution < 1.29 is 4.79 Å². The first-order valence-electron chi connectivity index (χ1n) is 9.82. The lowest BCUT2D eigenvalue weighted by atomic mass is 9.95. The normalized spacial score (nSPS) is 18.5. The number of hydrogen-bond acceptors (Lipinski definition) is 5. The number of likely N-dealkylation sites (tertiary alicyclic amines) is 1. The van der Waals surface area contributed by atoms with Crippen LogP contribution < -0.4 is 0 Å². The Morgan fingerprint density at radius 1 is 1.19 bits per heavy atom. The van der Waals surface area contributed by atoms with Gasteiger partial charge in [0.05, 0.1) is 17.8 Å². The summed E-state index contributed by atoms with van der Waals surface area (Å²) in [6.45, 7) is 4.24. The Bertz CT molecular complexity index is 825. The third kappa shape index (κ3) is 3.63. The largest absolute Gasteiger partial charge is 0.338 e. The average molecular weight is 371 g/mol. The fourth-order valence-electron chi connectivity index (χ4n) is 4.06. The van der Waals surface area contributed by atoms with Gasteiger partial charge < -0.3 is 14.4 Å². The molecule has 0 radical (unpaired) electrons. The van der Waals surface area contributed by atoms with E-state index in [0.717, 1.165) is 49.8 Å². The van der Waals surface area contributed by atoms with Gasteiger partial charge in [-0.1, -0.05) is 0 Å². The third-order valence-corrected chi connectivity index (χ3v) is 5.55. The smallest absolute Gasteiger partial charge is 0.257 e. The molecule has 1 aliphatic carbocycles. The van der Waals surface area contributed by atoms with Gasteiger partial charge in [-0.3, -0.25) is 9.48 Å². The quantitative estimate of drug-likeness (QED) is 0.800. The lowest BCUT2D eigenvalue weighted by Gasteiger charge is -2.31. The van der Waals surface area contributed by atoms with E-state index < -0.39 is 0 Å². The van der Waals surface area contributed by atoms with E-state index in [2.05, 4.69) is 38.9 Å². The van der Waals surface area contributed by atoms with Crippen LogP contribution in [0.4, 0.5) is 0 Å². The molecule has 27 heavy (non-hydrogen) atoms. The van der Waals surface area contributed by atoms with E-state index in [1.807, 2.05) is 25.1 Å². The van der Waals surface area contributed by atoms with Gasteiger partial charge in [-0.15, -0.1) is 10.2 Å². The Morgan fingerprint density at radius 3 is 2.44 bits per heavy atom. The zero-order valence-corrected chi connectivity index (χ0v) is 16.7. The summed E-state index contributed by atoms with van der Waals surface area (Å²) < 4.78 is 4.09. The first kappa shape index (κ1) is 18.2. The molecule has 8 nitrogen and oxygen atoms in total. The molecule has 0 unspecified atom stereocenters. The molecule has 0 N–H and O–H groups in total. The average Bonchev–Trinajstić information content (AvgIpc) is 3.30. The van der Waals surface area contributed by atoms with Gasteiger partial charge in [0.2, 0.25) is 0 Å². The highest BCUT2D eigenvalue weighted by Crippen LogP contribution is 2.40. The van der Waals surface area contributed by atoms with Crippen LogP contribution in [0.1, 0.15) is 65.3 Å². The lowest BCUT2D eigenvalue weighted by molar-refractivity contribution is 0.0709. The van der Waals surface area contributed by atoms with E-state index in [1.165, 1.54) is 12.8 Å². The van der Waals surface area contributed by atoms with Crippen molar-refractivity contribution in [3.8, 4) is 0 Å². The molecule has 146 valence electrons. The number of carbonyl (C=O) groups is 1. The molecule has 3 heterocycles. The molecule has 2 aromatic heterocycles. The summed E-state index contributed by atoms with van der Waals surface area (Å²) in [7, 11) is 5.98. The summed E-state index contributed by atoms with van der Waals surface area (Å²) in [6, 6.07) is 0.572. The third-order valence-electron chi connectivity index (χ3n) is 5.55. The fraction of sp³-hybridized carbons (Fsp3) is 0.684. The second-order valence-corrected chi connectivity index (χ2v) is 8.18. The van der Waals surface area contributed by atoms with E-state index in [-0.39, 0.29) is 5.91 Å². The number of piperidine rings is 1. The Morgan fingerprint density at radius 2 is 1.89 bits per heavy atom. The van der Waals surface area contributed by atoms with Gasteiger partial charge in [-0.25, -0.2) is 0 Å². The maximum Gasteiger partial charge on any atom is 0.257 e. The van der Waals surface area contributed by atoms with Crippen LogP contribution in [0.2, 0.25) is 0 Å². The molecule has 2 aliphatic rings. The first-order valence-corrected chi connectivity index (χ1v) is 9.82. The Hall–Kier alpha value is -2.22. The Balaban J connectivity index is 1.46. The van der Waals surface area contributed by atoms with Crippen molar-refractivity contribution in [2.24, 2.45) is 7.05 Å². The van der Waals surface area contributed by atoms with Gasteiger partial charge in [-0.2, -0.15) is 5.10 Å². The number of aryl methyl sites for hydroxylation is 2. The number of amides is 1. The summed E-state index contributed by atoms with van der Waals surface area (Å²) in [5.74, 6) is 2.67. The second-order valence-electron chi connectivity index (χ2n) is 8.18. The number of aromatic nitrogens is 5. The number of nitrogens with zero attached hydrogens (tertiary/aromatic N) is 7. The van der Waals surface area contributed by atoms with Crippen LogP contribution in [0.25, 0.3) is 0 Å². The molecule has 2 fully saturated rings. The summed E-state index contributed by atoms with van der Waals surface area (Å²) >= 11 is 0. The molecule has 1 aliphatic heterocycles. The molecular weight excluding hydrogens is 342 g/mol. The number of hydrogen-bond donors (Lipinski definition) is 0. The minimum absolute atomic E-state index is 0.0935.